The lowest BCUT2D eigenvalue weighted by atomic mass is 9.99. The van der Waals surface area contributed by atoms with Crippen molar-refractivity contribution in [2.24, 2.45) is 0 Å². The van der Waals surface area contributed by atoms with E-state index in [2.05, 4.69) is 0 Å². The van der Waals surface area contributed by atoms with E-state index in [9.17, 15) is 10.2 Å². The Morgan fingerprint density at radius 2 is 1.28 bits per heavy atom. The summed E-state index contributed by atoms with van der Waals surface area (Å²) < 4.78 is 17.1. The minimum absolute atomic E-state index is 0.304. The second-order valence-corrected chi connectivity index (χ2v) is 6.24. The van der Waals surface area contributed by atoms with Crippen molar-refractivity contribution in [3.05, 3.63) is 71.8 Å². The third kappa shape index (κ3) is 4.66. The molecule has 0 aliphatic carbocycles. The molecule has 5 atom stereocenters. The SMILES string of the molecule is C[C@H]1O[C@H](O)[C@H](OCc2ccccc2)[C@@H](OCc2ccccc2)[C@@H]1O. The Balaban J connectivity index is 1.67. The maximum absolute atomic E-state index is 10.5. The van der Waals surface area contributed by atoms with E-state index in [0.29, 0.717) is 13.2 Å². The van der Waals surface area contributed by atoms with Gasteiger partial charge < -0.3 is 24.4 Å². The van der Waals surface area contributed by atoms with Crippen LogP contribution in [-0.4, -0.2) is 40.9 Å². The predicted molar refractivity (Wildman–Crippen MR) is 92.6 cm³/mol. The molecule has 1 heterocycles. The zero-order valence-corrected chi connectivity index (χ0v) is 14.2. The van der Waals surface area contributed by atoms with Gasteiger partial charge in [0.15, 0.2) is 6.29 Å². The first kappa shape index (κ1) is 18.0. The van der Waals surface area contributed by atoms with Crippen LogP contribution in [0.2, 0.25) is 0 Å². The first-order valence-corrected chi connectivity index (χ1v) is 8.48. The number of aliphatic hydroxyl groups excluding tert-OH is 2. The largest absolute Gasteiger partial charge is 0.388 e. The van der Waals surface area contributed by atoms with Gasteiger partial charge in [0.1, 0.15) is 18.3 Å². The molecule has 1 aliphatic heterocycles. The fourth-order valence-electron chi connectivity index (χ4n) is 2.91. The van der Waals surface area contributed by atoms with Gasteiger partial charge in [0.2, 0.25) is 0 Å². The molecule has 0 spiro atoms. The molecule has 0 radical (unpaired) electrons. The molecular formula is C20H24O5. The lowest BCUT2D eigenvalue weighted by Crippen LogP contribution is -2.58. The third-order valence-electron chi connectivity index (χ3n) is 4.35. The molecule has 5 nitrogen and oxygen atoms in total. The topological polar surface area (TPSA) is 68.2 Å². The number of hydrogen-bond acceptors (Lipinski definition) is 5. The van der Waals surface area contributed by atoms with Gasteiger partial charge >= 0.3 is 0 Å². The summed E-state index contributed by atoms with van der Waals surface area (Å²) in [5.41, 5.74) is 1.97. The Morgan fingerprint density at radius 1 is 0.800 bits per heavy atom. The van der Waals surface area contributed by atoms with Crippen LogP contribution in [0, 0.1) is 0 Å². The van der Waals surface area contributed by atoms with Gasteiger partial charge in [-0.3, -0.25) is 0 Å². The van der Waals surface area contributed by atoms with E-state index in [1.54, 1.807) is 6.92 Å². The molecule has 1 aliphatic rings. The minimum atomic E-state index is -1.15. The Bertz CT molecular complexity index is 633. The number of aliphatic hydroxyl groups is 2. The van der Waals surface area contributed by atoms with Crippen LogP contribution < -0.4 is 0 Å². The van der Waals surface area contributed by atoms with Crippen LogP contribution in [-0.2, 0) is 27.4 Å². The van der Waals surface area contributed by atoms with Gasteiger partial charge in [-0.1, -0.05) is 60.7 Å². The van der Waals surface area contributed by atoms with Crippen LogP contribution >= 0.6 is 0 Å². The molecule has 3 rings (SSSR count). The molecule has 1 fully saturated rings. The van der Waals surface area contributed by atoms with E-state index in [0.717, 1.165) is 11.1 Å². The monoisotopic (exact) mass is 344 g/mol. The quantitative estimate of drug-likeness (QED) is 0.841. The van der Waals surface area contributed by atoms with Crippen molar-refractivity contribution in [2.45, 2.75) is 50.8 Å². The van der Waals surface area contributed by atoms with Gasteiger partial charge in [-0.25, -0.2) is 0 Å². The molecule has 2 aromatic carbocycles. The number of rotatable bonds is 6. The maximum atomic E-state index is 10.5. The third-order valence-corrected chi connectivity index (χ3v) is 4.35. The molecule has 2 aromatic rings. The molecule has 1 saturated heterocycles. The fraction of sp³-hybridized carbons (Fsp3) is 0.400. The highest BCUT2D eigenvalue weighted by Gasteiger charge is 2.44. The van der Waals surface area contributed by atoms with Crippen molar-refractivity contribution in [1.82, 2.24) is 0 Å². The van der Waals surface area contributed by atoms with Crippen LogP contribution in [0.4, 0.5) is 0 Å². The second-order valence-electron chi connectivity index (χ2n) is 6.24. The molecule has 134 valence electrons. The van der Waals surface area contributed by atoms with Crippen molar-refractivity contribution in [2.75, 3.05) is 0 Å². The van der Waals surface area contributed by atoms with Gasteiger partial charge in [0.05, 0.1) is 19.3 Å². The molecule has 5 heteroatoms. The summed E-state index contributed by atoms with van der Waals surface area (Å²) in [5.74, 6) is 0. The highest BCUT2D eigenvalue weighted by molar-refractivity contribution is 5.14. The van der Waals surface area contributed by atoms with Gasteiger partial charge in [-0.05, 0) is 18.1 Å². The molecular weight excluding hydrogens is 320 g/mol. The maximum Gasteiger partial charge on any atom is 0.184 e. The van der Waals surface area contributed by atoms with Crippen LogP contribution in [0.5, 0.6) is 0 Å². The molecule has 0 unspecified atom stereocenters. The number of hydrogen-bond donors (Lipinski definition) is 2. The summed E-state index contributed by atoms with van der Waals surface area (Å²) in [6.45, 7) is 2.34. The number of ether oxygens (including phenoxy) is 3. The van der Waals surface area contributed by atoms with Crippen LogP contribution in [0.15, 0.2) is 60.7 Å². The highest BCUT2D eigenvalue weighted by atomic mass is 16.7. The molecule has 0 bridgehead atoms. The normalized spacial score (nSPS) is 29.5. The minimum Gasteiger partial charge on any atom is -0.388 e. The number of benzene rings is 2. The van der Waals surface area contributed by atoms with E-state index >= 15 is 0 Å². The summed E-state index contributed by atoms with van der Waals surface area (Å²) in [4.78, 5) is 0. The summed E-state index contributed by atoms with van der Waals surface area (Å²) >= 11 is 0. The first-order valence-electron chi connectivity index (χ1n) is 8.48. The van der Waals surface area contributed by atoms with Gasteiger partial charge in [-0.2, -0.15) is 0 Å². The van der Waals surface area contributed by atoms with E-state index in [1.807, 2.05) is 60.7 Å². The van der Waals surface area contributed by atoms with E-state index < -0.39 is 30.7 Å². The van der Waals surface area contributed by atoms with Crippen LogP contribution in [0.25, 0.3) is 0 Å². The molecule has 0 saturated carbocycles. The Kier molecular flexibility index (Phi) is 6.18. The average Bonchev–Trinajstić information content (AvgIpc) is 2.64. The predicted octanol–water partition coefficient (Wildman–Crippen LogP) is 2.26. The standard InChI is InChI=1S/C20H24O5/c1-14-17(21)18(23-12-15-8-4-2-5-9-15)19(20(22)25-14)24-13-16-10-6-3-7-11-16/h2-11,14,17-22H,12-13H2,1H3/t14-,17-,18+,19-,20+/m1/s1. The van der Waals surface area contributed by atoms with Gasteiger partial charge in [0.25, 0.3) is 0 Å². The Hall–Kier alpha value is -1.76. The Morgan fingerprint density at radius 3 is 1.80 bits per heavy atom. The van der Waals surface area contributed by atoms with Crippen molar-refractivity contribution in [3.63, 3.8) is 0 Å². The fourth-order valence-corrected chi connectivity index (χ4v) is 2.91. The summed E-state index contributed by atoms with van der Waals surface area (Å²) in [6, 6.07) is 19.4. The summed E-state index contributed by atoms with van der Waals surface area (Å²) in [7, 11) is 0. The van der Waals surface area contributed by atoms with E-state index in [-0.39, 0.29) is 0 Å². The average molecular weight is 344 g/mol. The zero-order valence-electron chi connectivity index (χ0n) is 14.2. The molecule has 0 amide bonds. The van der Waals surface area contributed by atoms with E-state index in [4.69, 9.17) is 14.2 Å². The van der Waals surface area contributed by atoms with Crippen LogP contribution in [0.3, 0.4) is 0 Å². The lowest BCUT2D eigenvalue weighted by Gasteiger charge is -2.41. The molecule has 25 heavy (non-hydrogen) atoms. The molecule has 2 N–H and O–H groups in total. The van der Waals surface area contributed by atoms with E-state index in [1.165, 1.54) is 0 Å². The first-order chi connectivity index (χ1) is 12.1. The van der Waals surface area contributed by atoms with Gasteiger partial charge in [-0.15, -0.1) is 0 Å². The van der Waals surface area contributed by atoms with Crippen molar-refractivity contribution >= 4 is 0 Å². The van der Waals surface area contributed by atoms with Crippen molar-refractivity contribution in [3.8, 4) is 0 Å². The van der Waals surface area contributed by atoms with Crippen molar-refractivity contribution in [1.29, 1.82) is 0 Å². The summed E-state index contributed by atoms with van der Waals surface area (Å²) in [5, 5.41) is 20.7. The van der Waals surface area contributed by atoms with Gasteiger partial charge in [0, 0.05) is 0 Å². The smallest absolute Gasteiger partial charge is 0.184 e. The lowest BCUT2D eigenvalue weighted by molar-refractivity contribution is -0.300. The zero-order chi connectivity index (χ0) is 17.6. The van der Waals surface area contributed by atoms with Crippen molar-refractivity contribution < 1.29 is 24.4 Å². The highest BCUT2D eigenvalue weighted by Crippen LogP contribution is 2.26. The van der Waals surface area contributed by atoms with Crippen LogP contribution in [0.1, 0.15) is 18.1 Å². The molecule has 0 aromatic heterocycles. The summed E-state index contributed by atoms with van der Waals surface area (Å²) in [6.07, 6.45) is -4.01. The second kappa shape index (κ2) is 8.56. The Labute approximate surface area is 147 Å².